The molecule has 0 radical (unpaired) electrons. The van der Waals surface area contributed by atoms with Crippen molar-refractivity contribution >= 4 is 34.8 Å². The van der Waals surface area contributed by atoms with Crippen LogP contribution in [0.15, 0.2) is 42.5 Å². The summed E-state index contributed by atoms with van der Waals surface area (Å²) in [6, 6.07) is 11.5. The minimum atomic E-state index is -0.531. The van der Waals surface area contributed by atoms with Crippen molar-refractivity contribution in [2.75, 3.05) is 5.32 Å². The number of Topliss-reactive ketones (excluding diaryl/α,β-unsaturated/α-hetero) is 2. The summed E-state index contributed by atoms with van der Waals surface area (Å²) in [6.45, 7) is 3.72. The van der Waals surface area contributed by atoms with Crippen molar-refractivity contribution in [3.8, 4) is 5.75 Å². The van der Waals surface area contributed by atoms with Crippen LogP contribution in [0.25, 0.3) is 0 Å². The molecule has 0 spiro atoms. The first-order valence-electron chi connectivity index (χ1n) is 8.68. The molecule has 27 heavy (non-hydrogen) atoms. The average molecular weight is 386 g/mol. The number of fused-ring (bicyclic) bond motifs is 1. The lowest BCUT2D eigenvalue weighted by molar-refractivity contribution is -0.116. The van der Waals surface area contributed by atoms with Gasteiger partial charge in [-0.3, -0.25) is 14.4 Å². The van der Waals surface area contributed by atoms with Gasteiger partial charge in [-0.25, -0.2) is 0 Å². The second-order valence-corrected chi connectivity index (χ2v) is 7.59. The van der Waals surface area contributed by atoms with Crippen molar-refractivity contribution in [2.24, 2.45) is 0 Å². The lowest BCUT2D eigenvalue weighted by Gasteiger charge is -2.31. The Morgan fingerprint density at radius 3 is 2.52 bits per heavy atom. The molecule has 1 aliphatic heterocycles. The number of carbonyl (C=O) groups is 3. The molecule has 2 aromatic rings. The fourth-order valence-corrected chi connectivity index (χ4v) is 3.09. The minimum Gasteiger partial charge on any atom is -0.487 e. The summed E-state index contributed by atoms with van der Waals surface area (Å²) < 4.78 is 5.80. The zero-order valence-electron chi connectivity index (χ0n) is 15.2. The number of ether oxygens (including phenoxy) is 1. The Balaban J connectivity index is 1.60. The molecule has 0 saturated heterocycles. The summed E-state index contributed by atoms with van der Waals surface area (Å²) >= 11 is 5.80. The number of amides is 1. The van der Waals surface area contributed by atoms with Crippen LogP contribution < -0.4 is 10.1 Å². The van der Waals surface area contributed by atoms with Crippen molar-refractivity contribution in [1.29, 1.82) is 0 Å². The van der Waals surface area contributed by atoms with Crippen LogP contribution in [-0.2, 0) is 4.79 Å². The SMILES string of the molecule is CC1(C)CC(=O)c2cc(NC(=O)CCC(=O)c3ccc(Cl)cc3)ccc2O1. The summed E-state index contributed by atoms with van der Waals surface area (Å²) in [5.74, 6) is 0.0854. The molecule has 0 aliphatic carbocycles. The zero-order chi connectivity index (χ0) is 19.6. The molecule has 1 N–H and O–H groups in total. The van der Waals surface area contributed by atoms with Crippen LogP contribution in [-0.4, -0.2) is 23.1 Å². The van der Waals surface area contributed by atoms with E-state index in [0.717, 1.165) is 0 Å². The standard InChI is InChI=1S/C21H20ClNO4/c1-21(2)12-18(25)16-11-15(7-9-19(16)27-21)23-20(26)10-8-17(24)13-3-5-14(22)6-4-13/h3-7,9,11H,8,10,12H2,1-2H3,(H,23,26). The summed E-state index contributed by atoms with van der Waals surface area (Å²) in [5.41, 5.74) is 0.960. The first-order chi connectivity index (χ1) is 12.7. The molecule has 0 saturated carbocycles. The Bertz CT molecular complexity index is 903. The maximum absolute atomic E-state index is 12.3. The van der Waals surface area contributed by atoms with E-state index in [2.05, 4.69) is 5.32 Å². The van der Waals surface area contributed by atoms with Crippen LogP contribution in [0, 0.1) is 0 Å². The summed E-state index contributed by atoms with van der Waals surface area (Å²) in [6.07, 6.45) is 0.428. The Morgan fingerprint density at radius 2 is 1.81 bits per heavy atom. The van der Waals surface area contributed by atoms with E-state index in [-0.39, 0.29) is 36.7 Å². The predicted molar refractivity (Wildman–Crippen MR) is 104 cm³/mol. The van der Waals surface area contributed by atoms with Crippen molar-refractivity contribution in [3.05, 3.63) is 58.6 Å². The first kappa shape index (κ1) is 19.1. The lowest BCUT2D eigenvalue weighted by Crippen LogP contribution is -2.35. The van der Waals surface area contributed by atoms with Gasteiger partial charge in [0.05, 0.1) is 12.0 Å². The van der Waals surface area contributed by atoms with E-state index in [1.807, 2.05) is 13.8 Å². The van der Waals surface area contributed by atoms with Gasteiger partial charge in [-0.1, -0.05) is 11.6 Å². The van der Waals surface area contributed by atoms with Gasteiger partial charge in [-0.15, -0.1) is 0 Å². The molecule has 1 heterocycles. The van der Waals surface area contributed by atoms with Crippen molar-refractivity contribution < 1.29 is 19.1 Å². The maximum atomic E-state index is 12.3. The monoisotopic (exact) mass is 385 g/mol. The van der Waals surface area contributed by atoms with E-state index in [4.69, 9.17) is 16.3 Å². The number of hydrogen-bond donors (Lipinski definition) is 1. The minimum absolute atomic E-state index is 0.0183. The maximum Gasteiger partial charge on any atom is 0.224 e. The highest BCUT2D eigenvalue weighted by Gasteiger charge is 2.32. The Kier molecular flexibility index (Phi) is 5.33. The van der Waals surface area contributed by atoms with Crippen LogP contribution in [0.2, 0.25) is 5.02 Å². The molecule has 1 amide bonds. The number of rotatable bonds is 5. The number of anilines is 1. The van der Waals surface area contributed by atoms with E-state index in [9.17, 15) is 14.4 Å². The van der Waals surface area contributed by atoms with Gasteiger partial charge in [0, 0.05) is 29.1 Å². The van der Waals surface area contributed by atoms with Crippen LogP contribution >= 0.6 is 11.6 Å². The molecule has 5 nitrogen and oxygen atoms in total. The zero-order valence-corrected chi connectivity index (χ0v) is 15.9. The van der Waals surface area contributed by atoms with Crippen molar-refractivity contribution in [2.45, 2.75) is 38.7 Å². The highest BCUT2D eigenvalue weighted by molar-refractivity contribution is 6.30. The van der Waals surface area contributed by atoms with Crippen LogP contribution in [0.1, 0.15) is 53.8 Å². The molecular formula is C21H20ClNO4. The molecule has 3 rings (SSSR count). The normalized spacial score (nSPS) is 14.9. The molecule has 0 fully saturated rings. The highest BCUT2D eigenvalue weighted by atomic mass is 35.5. The predicted octanol–water partition coefficient (Wildman–Crippen LogP) is 4.69. The second kappa shape index (κ2) is 7.53. The van der Waals surface area contributed by atoms with Crippen LogP contribution in [0.5, 0.6) is 5.75 Å². The van der Waals surface area contributed by atoms with Crippen LogP contribution in [0.4, 0.5) is 5.69 Å². The molecule has 2 aromatic carbocycles. The number of halogens is 1. The van der Waals surface area contributed by atoms with E-state index in [0.29, 0.717) is 27.6 Å². The fourth-order valence-electron chi connectivity index (χ4n) is 2.96. The van der Waals surface area contributed by atoms with Gasteiger partial charge in [0.1, 0.15) is 11.4 Å². The van der Waals surface area contributed by atoms with Crippen LogP contribution in [0.3, 0.4) is 0 Å². The fraction of sp³-hybridized carbons (Fsp3) is 0.286. The molecular weight excluding hydrogens is 366 g/mol. The number of ketones is 2. The van der Waals surface area contributed by atoms with Gasteiger partial charge in [0.25, 0.3) is 0 Å². The number of benzene rings is 2. The molecule has 1 aliphatic rings. The van der Waals surface area contributed by atoms with Gasteiger partial charge >= 0.3 is 0 Å². The third-order valence-electron chi connectivity index (χ3n) is 4.28. The molecule has 0 unspecified atom stereocenters. The third kappa shape index (κ3) is 4.74. The van der Waals surface area contributed by atoms with Gasteiger partial charge in [-0.2, -0.15) is 0 Å². The first-order valence-corrected chi connectivity index (χ1v) is 9.06. The van der Waals surface area contributed by atoms with E-state index >= 15 is 0 Å². The van der Waals surface area contributed by atoms with E-state index < -0.39 is 5.60 Å². The third-order valence-corrected chi connectivity index (χ3v) is 4.53. The van der Waals surface area contributed by atoms with Gasteiger partial charge < -0.3 is 10.1 Å². The molecule has 6 heteroatoms. The molecule has 140 valence electrons. The van der Waals surface area contributed by atoms with Crippen molar-refractivity contribution in [1.82, 2.24) is 0 Å². The molecule has 0 aromatic heterocycles. The number of hydrogen-bond acceptors (Lipinski definition) is 4. The van der Waals surface area contributed by atoms with Gasteiger partial charge in [0.2, 0.25) is 5.91 Å². The second-order valence-electron chi connectivity index (χ2n) is 7.15. The Hall–Kier alpha value is -2.66. The van der Waals surface area contributed by atoms with Gasteiger partial charge in [-0.05, 0) is 56.3 Å². The summed E-state index contributed by atoms with van der Waals surface area (Å²) in [4.78, 5) is 36.6. The average Bonchev–Trinajstić information content (AvgIpc) is 2.60. The Labute approximate surface area is 162 Å². The lowest BCUT2D eigenvalue weighted by atomic mass is 9.93. The molecule has 0 bridgehead atoms. The summed E-state index contributed by atoms with van der Waals surface area (Å²) in [7, 11) is 0. The highest BCUT2D eigenvalue weighted by Crippen LogP contribution is 2.34. The topological polar surface area (TPSA) is 72.5 Å². The van der Waals surface area contributed by atoms with E-state index in [1.54, 1.807) is 42.5 Å². The quantitative estimate of drug-likeness (QED) is 0.758. The van der Waals surface area contributed by atoms with Crippen molar-refractivity contribution in [3.63, 3.8) is 0 Å². The number of nitrogens with one attached hydrogen (secondary N) is 1. The largest absolute Gasteiger partial charge is 0.487 e. The van der Waals surface area contributed by atoms with Gasteiger partial charge in [0.15, 0.2) is 11.6 Å². The smallest absolute Gasteiger partial charge is 0.224 e. The van der Waals surface area contributed by atoms with E-state index in [1.165, 1.54) is 0 Å². The summed E-state index contributed by atoms with van der Waals surface area (Å²) in [5, 5.41) is 3.28. The Morgan fingerprint density at radius 1 is 1.11 bits per heavy atom. The number of carbonyl (C=O) groups excluding carboxylic acids is 3. The molecule has 0 atom stereocenters.